The van der Waals surface area contributed by atoms with E-state index in [4.69, 9.17) is 4.74 Å². The van der Waals surface area contributed by atoms with Crippen LogP contribution in [0.15, 0.2) is 53.6 Å². The van der Waals surface area contributed by atoms with Gasteiger partial charge in [0.1, 0.15) is 28.1 Å². The van der Waals surface area contributed by atoms with Gasteiger partial charge in [-0.1, -0.05) is 23.8 Å². The van der Waals surface area contributed by atoms with Crippen molar-refractivity contribution in [2.75, 3.05) is 0 Å². The Bertz CT molecular complexity index is 914. The van der Waals surface area contributed by atoms with E-state index < -0.39 is 5.60 Å². The minimum absolute atomic E-state index is 0.407. The predicted molar refractivity (Wildman–Crippen MR) is 102 cm³/mol. The number of benzene rings is 2. The van der Waals surface area contributed by atoms with E-state index in [0.717, 1.165) is 28.0 Å². The molecule has 0 aliphatic heterocycles. The van der Waals surface area contributed by atoms with Gasteiger partial charge in [-0.2, -0.15) is 0 Å². The second-order valence-electron chi connectivity index (χ2n) is 7.19. The third kappa shape index (κ3) is 3.43. The fourth-order valence-corrected chi connectivity index (χ4v) is 2.79. The molecule has 0 saturated heterocycles. The van der Waals surface area contributed by atoms with Gasteiger partial charge in [-0.25, -0.2) is 0 Å². The first-order chi connectivity index (χ1) is 11.8. The number of hydrogen-bond acceptors (Lipinski definition) is 3. The maximum atomic E-state index is 6.40. The van der Waals surface area contributed by atoms with Crippen LogP contribution in [-0.4, -0.2) is 20.6 Å². The molecule has 0 N–H and O–H groups in total. The van der Waals surface area contributed by atoms with E-state index in [1.54, 1.807) is 4.80 Å². The average Bonchev–Trinajstić information content (AvgIpc) is 2.99. The zero-order valence-electron chi connectivity index (χ0n) is 15.8. The van der Waals surface area contributed by atoms with Crippen molar-refractivity contribution in [2.24, 2.45) is 0 Å². The van der Waals surface area contributed by atoms with Crippen molar-refractivity contribution in [3.05, 3.63) is 59.2 Å². The van der Waals surface area contributed by atoms with Crippen molar-refractivity contribution < 1.29 is 4.74 Å². The van der Waals surface area contributed by atoms with Crippen molar-refractivity contribution in [1.29, 1.82) is 0 Å². The average molecular weight is 335 g/mol. The van der Waals surface area contributed by atoms with Crippen molar-refractivity contribution in [1.82, 2.24) is 15.0 Å². The van der Waals surface area contributed by atoms with Crippen LogP contribution in [0, 0.1) is 6.92 Å². The SMILES string of the molecule is CC(C)=C(C)C(C)(C)Oc1ccc(C)cc1-n1nc2ccccc2n1. The van der Waals surface area contributed by atoms with Gasteiger partial charge in [0.2, 0.25) is 0 Å². The summed E-state index contributed by atoms with van der Waals surface area (Å²) >= 11 is 0. The van der Waals surface area contributed by atoms with Crippen molar-refractivity contribution >= 4 is 11.0 Å². The maximum absolute atomic E-state index is 6.40. The fourth-order valence-electron chi connectivity index (χ4n) is 2.79. The molecule has 0 radical (unpaired) electrons. The maximum Gasteiger partial charge on any atom is 0.148 e. The van der Waals surface area contributed by atoms with Crippen LogP contribution in [0.1, 0.15) is 40.2 Å². The molecule has 0 amide bonds. The lowest BCUT2D eigenvalue weighted by molar-refractivity contribution is 0.147. The van der Waals surface area contributed by atoms with E-state index in [-0.39, 0.29) is 0 Å². The molecule has 0 unspecified atom stereocenters. The van der Waals surface area contributed by atoms with Crippen LogP contribution in [0.25, 0.3) is 16.7 Å². The van der Waals surface area contributed by atoms with Gasteiger partial charge < -0.3 is 4.74 Å². The monoisotopic (exact) mass is 335 g/mol. The summed E-state index contributed by atoms with van der Waals surface area (Å²) in [5.41, 5.74) is 5.81. The van der Waals surface area contributed by atoms with Gasteiger partial charge in [0, 0.05) is 0 Å². The van der Waals surface area contributed by atoms with Crippen LogP contribution >= 0.6 is 0 Å². The summed E-state index contributed by atoms with van der Waals surface area (Å²) in [6.07, 6.45) is 0. The molecule has 25 heavy (non-hydrogen) atoms. The zero-order valence-corrected chi connectivity index (χ0v) is 15.8. The quantitative estimate of drug-likeness (QED) is 0.612. The first kappa shape index (κ1) is 17.2. The Morgan fingerprint density at radius 1 is 0.960 bits per heavy atom. The second-order valence-corrected chi connectivity index (χ2v) is 7.19. The highest BCUT2D eigenvalue weighted by Crippen LogP contribution is 2.31. The van der Waals surface area contributed by atoms with Gasteiger partial charge in [0.15, 0.2) is 0 Å². The minimum Gasteiger partial charge on any atom is -0.481 e. The molecular formula is C21H25N3O. The number of aryl methyl sites for hydroxylation is 1. The highest BCUT2D eigenvalue weighted by molar-refractivity contribution is 5.73. The smallest absolute Gasteiger partial charge is 0.148 e. The number of ether oxygens (including phenoxy) is 1. The minimum atomic E-state index is -0.407. The summed E-state index contributed by atoms with van der Waals surface area (Å²) in [4.78, 5) is 1.67. The molecule has 0 atom stereocenters. The van der Waals surface area contributed by atoms with Gasteiger partial charge >= 0.3 is 0 Å². The molecule has 0 spiro atoms. The Kier molecular flexibility index (Phi) is 4.38. The van der Waals surface area contributed by atoms with Crippen LogP contribution < -0.4 is 4.74 Å². The van der Waals surface area contributed by atoms with E-state index in [9.17, 15) is 0 Å². The van der Waals surface area contributed by atoms with Crippen LogP contribution in [0.5, 0.6) is 5.75 Å². The lowest BCUT2D eigenvalue weighted by Gasteiger charge is -2.29. The summed E-state index contributed by atoms with van der Waals surface area (Å²) < 4.78 is 6.40. The number of hydrogen-bond donors (Lipinski definition) is 0. The molecule has 0 fully saturated rings. The molecule has 0 saturated carbocycles. The Hall–Kier alpha value is -2.62. The first-order valence-corrected chi connectivity index (χ1v) is 8.54. The van der Waals surface area contributed by atoms with E-state index >= 15 is 0 Å². The Labute approximate surface area is 149 Å². The molecule has 130 valence electrons. The fraction of sp³-hybridized carbons (Fsp3) is 0.333. The Balaban J connectivity index is 2.09. The van der Waals surface area contributed by atoms with Crippen molar-refractivity contribution in [2.45, 2.75) is 47.1 Å². The molecule has 1 heterocycles. The lowest BCUT2D eigenvalue weighted by atomic mass is 9.95. The van der Waals surface area contributed by atoms with Crippen LogP contribution in [0.3, 0.4) is 0 Å². The third-order valence-corrected chi connectivity index (χ3v) is 4.63. The lowest BCUT2D eigenvalue weighted by Crippen LogP contribution is -2.31. The molecule has 1 aromatic heterocycles. The molecule has 0 aliphatic carbocycles. The van der Waals surface area contributed by atoms with Gasteiger partial charge in [-0.3, -0.25) is 0 Å². The van der Waals surface area contributed by atoms with E-state index in [2.05, 4.69) is 63.9 Å². The number of allylic oxidation sites excluding steroid dienone is 1. The summed E-state index contributed by atoms with van der Waals surface area (Å²) in [5, 5.41) is 9.22. The number of rotatable bonds is 4. The molecule has 0 bridgehead atoms. The topological polar surface area (TPSA) is 39.9 Å². The highest BCUT2D eigenvalue weighted by atomic mass is 16.5. The molecule has 2 aromatic carbocycles. The van der Waals surface area contributed by atoms with Gasteiger partial charge in [-0.05, 0) is 76.9 Å². The Morgan fingerprint density at radius 2 is 1.56 bits per heavy atom. The van der Waals surface area contributed by atoms with Gasteiger partial charge in [0.05, 0.1) is 0 Å². The van der Waals surface area contributed by atoms with Crippen molar-refractivity contribution in [3.63, 3.8) is 0 Å². The molecule has 0 aliphatic rings. The largest absolute Gasteiger partial charge is 0.481 e. The molecule has 3 aromatic rings. The molecule has 3 rings (SSSR count). The molecule has 4 nitrogen and oxygen atoms in total. The normalized spacial score (nSPS) is 11.6. The van der Waals surface area contributed by atoms with Gasteiger partial charge in [-0.15, -0.1) is 15.0 Å². The Morgan fingerprint density at radius 3 is 2.12 bits per heavy atom. The van der Waals surface area contributed by atoms with Crippen LogP contribution in [-0.2, 0) is 0 Å². The van der Waals surface area contributed by atoms with Crippen LogP contribution in [0.2, 0.25) is 0 Å². The van der Waals surface area contributed by atoms with Crippen molar-refractivity contribution in [3.8, 4) is 11.4 Å². The summed E-state index contributed by atoms with van der Waals surface area (Å²) in [5.74, 6) is 0.775. The van der Waals surface area contributed by atoms with E-state index in [0.29, 0.717) is 0 Å². The number of fused-ring (bicyclic) bond motifs is 1. The highest BCUT2D eigenvalue weighted by Gasteiger charge is 2.25. The summed E-state index contributed by atoms with van der Waals surface area (Å²) in [6, 6.07) is 14.0. The predicted octanol–water partition coefficient (Wildman–Crippen LogP) is 5.24. The molecule has 4 heteroatoms. The van der Waals surface area contributed by atoms with E-state index in [1.165, 1.54) is 11.1 Å². The van der Waals surface area contributed by atoms with Gasteiger partial charge in [0.25, 0.3) is 0 Å². The zero-order chi connectivity index (χ0) is 18.2. The standard InChI is InChI=1S/C21H25N3O/c1-14(2)16(4)21(5,6)25-20-12-11-15(3)13-19(20)24-22-17-9-7-8-10-18(17)23-24/h7-13H,1-6H3. The molecular weight excluding hydrogens is 310 g/mol. The first-order valence-electron chi connectivity index (χ1n) is 8.54. The summed E-state index contributed by atoms with van der Waals surface area (Å²) in [7, 11) is 0. The van der Waals surface area contributed by atoms with Crippen LogP contribution in [0.4, 0.5) is 0 Å². The summed E-state index contributed by atoms with van der Waals surface area (Å²) in [6.45, 7) is 12.6. The van der Waals surface area contributed by atoms with E-state index in [1.807, 2.05) is 30.3 Å². The third-order valence-electron chi connectivity index (χ3n) is 4.63. The number of aromatic nitrogens is 3. The second kappa shape index (κ2) is 6.36. The number of nitrogens with zero attached hydrogens (tertiary/aromatic N) is 3.